The van der Waals surface area contributed by atoms with Crippen molar-refractivity contribution < 1.29 is 4.74 Å². The van der Waals surface area contributed by atoms with Gasteiger partial charge in [-0.1, -0.05) is 6.92 Å². The van der Waals surface area contributed by atoms with Crippen LogP contribution in [0.4, 0.5) is 5.95 Å². The molecule has 0 saturated heterocycles. The van der Waals surface area contributed by atoms with Crippen LogP contribution in [0.3, 0.4) is 0 Å². The number of rotatable bonds is 7. The number of aryl methyl sites for hydroxylation is 1. The zero-order valence-corrected chi connectivity index (χ0v) is 12.6. The zero-order valence-electron chi connectivity index (χ0n) is 11.8. The molecule has 108 valence electrons. The molecule has 7 nitrogen and oxygen atoms in total. The van der Waals surface area contributed by atoms with Crippen molar-refractivity contribution in [2.24, 2.45) is 7.05 Å². The fraction of sp³-hybridized carbons (Fsp3) is 0.500. The number of anilines is 1. The summed E-state index contributed by atoms with van der Waals surface area (Å²) in [5.41, 5.74) is 0. The molecule has 2 rings (SSSR count). The fourth-order valence-corrected chi connectivity index (χ4v) is 2.21. The van der Waals surface area contributed by atoms with Gasteiger partial charge in [-0.15, -0.1) is 0 Å². The monoisotopic (exact) mass is 294 g/mol. The van der Waals surface area contributed by atoms with Crippen molar-refractivity contribution in [1.82, 2.24) is 24.7 Å². The van der Waals surface area contributed by atoms with Gasteiger partial charge in [0.25, 0.3) is 0 Å². The van der Waals surface area contributed by atoms with Crippen molar-refractivity contribution >= 4 is 17.7 Å². The number of nitrogens with one attached hydrogen (secondary N) is 1. The molecule has 0 amide bonds. The van der Waals surface area contributed by atoms with Crippen molar-refractivity contribution in [3.63, 3.8) is 0 Å². The molecule has 0 fully saturated rings. The van der Waals surface area contributed by atoms with E-state index in [-0.39, 0.29) is 0 Å². The second-order valence-electron chi connectivity index (χ2n) is 4.05. The van der Waals surface area contributed by atoms with Gasteiger partial charge in [0.15, 0.2) is 0 Å². The van der Waals surface area contributed by atoms with E-state index in [2.05, 4.69) is 25.4 Å². The Kier molecular flexibility index (Phi) is 5.16. The molecule has 0 bridgehead atoms. The van der Waals surface area contributed by atoms with Crippen LogP contribution in [0, 0.1) is 0 Å². The Morgan fingerprint density at radius 2 is 2.15 bits per heavy atom. The highest BCUT2D eigenvalue weighted by atomic mass is 32.2. The molecule has 0 aliphatic carbocycles. The fourth-order valence-electron chi connectivity index (χ4n) is 1.44. The topological polar surface area (TPSA) is 77.8 Å². The van der Waals surface area contributed by atoms with Crippen molar-refractivity contribution in [1.29, 1.82) is 0 Å². The Labute approximate surface area is 122 Å². The SMILES string of the molecule is CCCOc1nc(NCC)nc(Sc2cnn(C)c2)n1. The third-order valence-electron chi connectivity index (χ3n) is 2.25. The molecule has 2 aromatic heterocycles. The molecule has 20 heavy (non-hydrogen) atoms. The van der Waals surface area contributed by atoms with Crippen LogP contribution < -0.4 is 10.1 Å². The molecule has 0 saturated carbocycles. The molecular formula is C12H18N6OS. The molecule has 0 aliphatic rings. The van der Waals surface area contributed by atoms with Gasteiger partial charge < -0.3 is 10.1 Å². The Bertz CT molecular complexity index is 559. The second kappa shape index (κ2) is 7.09. The maximum absolute atomic E-state index is 5.49. The van der Waals surface area contributed by atoms with E-state index in [1.54, 1.807) is 10.9 Å². The van der Waals surface area contributed by atoms with Crippen molar-refractivity contribution in [3.05, 3.63) is 12.4 Å². The van der Waals surface area contributed by atoms with Crippen LogP contribution in [0.25, 0.3) is 0 Å². The van der Waals surface area contributed by atoms with Gasteiger partial charge in [-0.05, 0) is 25.1 Å². The van der Waals surface area contributed by atoms with Gasteiger partial charge in [-0.3, -0.25) is 4.68 Å². The van der Waals surface area contributed by atoms with Crippen LogP contribution in [0.2, 0.25) is 0 Å². The van der Waals surface area contributed by atoms with Gasteiger partial charge in [-0.2, -0.15) is 20.1 Å². The first-order chi connectivity index (χ1) is 9.71. The molecule has 1 N–H and O–H groups in total. The summed E-state index contributed by atoms with van der Waals surface area (Å²) in [6.45, 7) is 5.36. The number of hydrogen-bond donors (Lipinski definition) is 1. The molecule has 8 heteroatoms. The quantitative estimate of drug-likeness (QED) is 0.836. The first-order valence-corrected chi connectivity index (χ1v) is 7.32. The van der Waals surface area contributed by atoms with E-state index in [0.717, 1.165) is 17.9 Å². The molecule has 2 aromatic rings. The van der Waals surface area contributed by atoms with Crippen molar-refractivity contribution in [2.75, 3.05) is 18.5 Å². The second-order valence-corrected chi connectivity index (χ2v) is 5.10. The highest BCUT2D eigenvalue weighted by Gasteiger charge is 2.09. The molecule has 0 aliphatic heterocycles. The van der Waals surface area contributed by atoms with Crippen molar-refractivity contribution in [3.8, 4) is 6.01 Å². The van der Waals surface area contributed by atoms with Gasteiger partial charge in [-0.25, -0.2) is 0 Å². The standard InChI is InChI=1S/C12H18N6OS/c1-4-6-19-11-15-10(13-5-2)16-12(17-11)20-9-7-14-18(3)8-9/h7-8H,4-6H2,1-3H3,(H,13,15,16,17). The van der Waals surface area contributed by atoms with Crippen LogP contribution in [0.5, 0.6) is 6.01 Å². The van der Waals surface area contributed by atoms with Gasteiger partial charge in [0.05, 0.1) is 17.7 Å². The van der Waals surface area contributed by atoms with Crippen LogP contribution in [0.1, 0.15) is 20.3 Å². The minimum atomic E-state index is 0.351. The van der Waals surface area contributed by atoms with E-state index in [1.165, 1.54) is 11.8 Å². The van der Waals surface area contributed by atoms with E-state index in [0.29, 0.717) is 23.7 Å². The first kappa shape index (κ1) is 14.6. The Morgan fingerprint density at radius 3 is 2.80 bits per heavy atom. The molecule has 2 heterocycles. The van der Waals surface area contributed by atoms with E-state index >= 15 is 0 Å². The lowest BCUT2D eigenvalue weighted by atomic mass is 10.5. The lowest BCUT2D eigenvalue weighted by molar-refractivity contribution is 0.288. The summed E-state index contributed by atoms with van der Waals surface area (Å²) >= 11 is 1.43. The Morgan fingerprint density at radius 1 is 1.30 bits per heavy atom. The van der Waals surface area contributed by atoms with Gasteiger partial charge in [0.1, 0.15) is 0 Å². The maximum Gasteiger partial charge on any atom is 0.322 e. The summed E-state index contributed by atoms with van der Waals surface area (Å²) in [5.74, 6) is 0.528. The molecule has 0 unspecified atom stereocenters. The zero-order chi connectivity index (χ0) is 14.4. The lowest BCUT2D eigenvalue weighted by Gasteiger charge is -2.07. The molecule has 0 radical (unpaired) electrons. The average Bonchev–Trinajstić information content (AvgIpc) is 2.82. The average molecular weight is 294 g/mol. The van der Waals surface area contributed by atoms with E-state index in [4.69, 9.17) is 4.74 Å². The summed E-state index contributed by atoms with van der Waals surface area (Å²) in [7, 11) is 1.87. The third kappa shape index (κ3) is 4.09. The number of hydrogen-bond acceptors (Lipinski definition) is 7. The summed E-state index contributed by atoms with van der Waals surface area (Å²) in [6.07, 6.45) is 4.59. The maximum atomic E-state index is 5.49. The van der Waals surface area contributed by atoms with Crippen LogP contribution in [-0.2, 0) is 7.05 Å². The Hall–Kier alpha value is -1.83. The summed E-state index contributed by atoms with van der Waals surface area (Å²) in [4.78, 5) is 13.8. The minimum absolute atomic E-state index is 0.351. The largest absolute Gasteiger partial charge is 0.463 e. The predicted molar refractivity (Wildman–Crippen MR) is 77.1 cm³/mol. The van der Waals surface area contributed by atoms with Crippen LogP contribution in [0.15, 0.2) is 22.4 Å². The number of nitrogens with zero attached hydrogens (tertiary/aromatic N) is 5. The van der Waals surface area contributed by atoms with Crippen molar-refractivity contribution in [2.45, 2.75) is 30.3 Å². The van der Waals surface area contributed by atoms with Crippen LogP contribution >= 0.6 is 11.8 Å². The van der Waals surface area contributed by atoms with Crippen LogP contribution in [-0.4, -0.2) is 37.9 Å². The summed E-state index contributed by atoms with van der Waals surface area (Å²) < 4.78 is 7.23. The number of ether oxygens (including phenoxy) is 1. The predicted octanol–water partition coefficient (Wildman–Crippen LogP) is 1.98. The molecule has 0 spiro atoms. The van der Waals surface area contributed by atoms with Gasteiger partial charge in [0.2, 0.25) is 11.1 Å². The Balaban J connectivity index is 2.18. The van der Waals surface area contributed by atoms with E-state index in [9.17, 15) is 0 Å². The van der Waals surface area contributed by atoms with E-state index in [1.807, 2.05) is 27.1 Å². The summed E-state index contributed by atoms with van der Waals surface area (Å²) in [5, 5.41) is 7.79. The smallest absolute Gasteiger partial charge is 0.322 e. The van der Waals surface area contributed by atoms with E-state index < -0.39 is 0 Å². The first-order valence-electron chi connectivity index (χ1n) is 6.50. The highest BCUT2D eigenvalue weighted by molar-refractivity contribution is 7.99. The molecular weight excluding hydrogens is 276 g/mol. The number of aromatic nitrogens is 5. The highest BCUT2D eigenvalue weighted by Crippen LogP contribution is 2.25. The van der Waals surface area contributed by atoms with Gasteiger partial charge >= 0.3 is 6.01 Å². The lowest BCUT2D eigenvalue weighted by Crippen LogP contribution is -2.07. The van der Waals surface area contributed by atoms with Gasteiger partial charge in [0, 0.05) is 19.8 Å². The molecule has 0 atom stereocenters. The normalized spacial score (nSPS) is 10.6. The third-order valence-corrected chi connectivity index (χ3v) is 3.07. The molecule has 0 aromatic carbocycles. The summed E-state index contributed by atoms with van der Waals surface area (Å²) in [6, 6.07) is 0.351. The minimum Gasteiger partial charge on any atom is -0.463 e.